The van der Waals surface area contributed by atoms with Crippen LogP contribution in [0.1, 0.15) is 18.4 Å². The van der Waals surface area contributed by atoms with Gasteiger partial charge in [0.2, 0.25) is 0 Å². The Hall–Kier alpha value is -1.42. The van der Waals surface area contributed by atoms with Gasteiger partial charge >= 0.3 is 0 Å². The van der Waals surface area contributed by atoms with Gasteiger partial charge in [-0.2, -0.15) is 0 Å². The molecule has 0 saturated carbocycles. The van der Waals surface area contributed by atoms with Gasteiger partial charge in [0, 0.05) is 12.4 Å². The fourth-order valence-corrected chi connectivity index (χ4v) is 0.972. The highest BCUT2D eigenvalue weighted by Crippen LogP contribution is 2.12. The molecule has 0 bridgehead atoms. The topological polar surface area (TPSA) is 51.2 Å². The van der Waals surface area contributed by atoms with Gasteiger partial charge in [-0.1, -0.05) is 6.07 Å². The predicted molar refractivity (Wildman–Crippen MR) is 47.8 cm³/mol. The van der Waals surface area contributed by atoms with E-state index in [0.717, 1.165) is 5.56 Å². The third-order valence-corrected chi connectivity index (χ3v) is 1.78. The molecule has 1 aromatic rings. The van der Waals surface area contributed by atoms with Crippen molar-refractivity contribution in [3.63, 3.8) is 0 Å². The van der Waals surface area contributed by atoms with Gasteiger partial charge in [-0.25, -0.2) is 5.48 Å². The zero-order valence-corrected chi connectivity index (χ0v) is 7.65. The molecule has 1 atom stereocenters. The number of hydroxylamine groups is 1. The van der Waals surface area contributed by atoms with Crippen LogP contribution in [0, 0.1) is 0 Å². The van der Waals surface area contributed by atoms with Crippen molar-refractivity contribution in [2.75, 3.05) is 7.11 Å². The lowest BCUT2D eigenvalue weighted by atomic mass is 10.0. The molecule has 0 radical (unpaired) electrons. The van der Waals surface area contributed by atoms with Crippen LogP contribution in [0.25, 0.3) is 0 Å². The smallest absolute Gasteiger partial charge is 0.250 e. The molecule has 0 aliphatic carbocycles. The summed E-state index contributed by atoms with van der Waals surface area (Å²) in [5, 5.41) is 0. The predicted octanol–water partition coefficient (Wildman–Crippen LogP) is 0.863. The summed E-state index contributed by atoms with van der Waals surface area (Å²) in [5.41, 5.74) is 3.15. The Kier molecular flexibility index (Phi) is 3.40. The number of hydrogen-bond acceptors (Lipinski definition) is 3. The van der Waals surface area contributed by atoms with Crippen LogP contribution in [-0.4, -0.2) is 18.0 Å². The van der Waals surface area contributed by atoms with Crippen molar-refractivity contribution < 1.29 is 9.63 Å². The highest BCUT2D eigenvalue weighted by Gasteiger charge is 2.14. The molecule has 0 aromatic carbocycles. The first kappa shape index (κ1) is 9.67. The van der Waals surface area contributed by atoms with Crippen molar-refractivity contribution in [1.29, 1.82) is 0 Å². The van der Waals surface area contributed by atoms with Crippen LogP contribution in [-0.2, 0) is 9.63 Å². The van der Waals surface area contributed by atoms with E-state index in [1.807, 2.05) is 6.07 Å². The van der Waals surface area contributed by atoms with Crippen LogP contribution in [0.4, 0.5) is 0 Å². The largest absolute Gasteiger partial charge is 0.277 e. The van der Waals surface area contributed by atoms with Crippen LogP contribution in [0.3, 0.4) is 0 Å². The molecule has 70 valence electrons. The van der Waals surface area contributed by atoms with Crippen LogP contribution < -0.4 is 5.48 Å². The number of aromatic nitrogens is 1. The molecular weight excluding hydrogens is 168 g/mol. The summed E-state index contributed by atoms with van der Waals surface area (Å²) in [6.07, 6.45) is 3.34. The molecular formula is C9H12N2O2. The quantitative estimate of drug-likeness (QED) is 0.702. The van der Waals surface area contributed by atoms with Crippen LogP contribution >= 0.6 is 0 Å². The van der Waals surface area contributed by atoms with E-state index in [9.17, 15) is 4.79 Å². The monoisotopic (exact) mass is 180 g/mol. The van der Waals surface area contributed by atoms with E-state index in [4.69, 9.17) is 0 Å². The minimum Gasteiger partial charge on any atom is -0.277 e. The SMILES string of the molecule is CONC(=O)C(C)c1cccnc1. The average molecular weight is 180 g/mol. The van der Waals surface area contributed by atoms with Gasteiger partial charge < -0.3 is 0 Å². The molecule has 1 amide bonds. The summed E-state index contributed by atoms with van der Waals surface area (Å²) in [6.45, 7) is 1.80. The van der Waals surface area contributed by atoms with Crippen molar-refractivity contribution in [2.24, 2.45) is 0 Å². The summed E-state index contributed by atoms with van der Waals surface area (Å²) in [5.74, 6) is -0.413. The molecule has 13 heavy (non-hydrogen) atoms. The lowest BCUT2D eigenvalue weighted by Crippen LogP contribution is -2.26. The highest BCUT2D eigenvalue weighted by molar-refractivity contribution is 5.82. The highest BCUT2D eigenvalue weighted by atomic mass is 16.6. The van der Waals surface area contributed by atoms with E-state index in [-0.39, 0.29) is 11.8 Å². The van der Waals surface area contributed by atoms with Gasteiger partial charge in [0.1, 0.15) is 0 Å². The summed E-state index contributed by atoms with van der Waals surface area (Å²) in [6, 6.07) is 3.65. The molecule has 4 nitrogen and oxygen atoms in total. The molecule has 0 fully saturated rings. The molecule has 0 aliphatic heterocycles. The molecule has 1 aromatic heterocycles. The summed E-state index contributed by atoms with van der Waals surface area (Å²) >= 11 is 0. The average Bonchev–Trinajstić information content (AvgIpc) is 2.18. The van der Waals surface area contributed by atoms with Crippen molar-refractivity contribution in [2.45, 2.75) is 12.8 Å². The van der Waals surface area contributed by atoms with Crippen molar-refractivity contribution in [1.82, 2.24) is 10.5 Å². The Bertz CT molecular complexity index is 274. The maximum absolute atomic E-state index is 11.3. The van der Waals surface area contributed by atoms with E-state index >= 15 is 0 Å². The summed E-state index contributed by atoms with van der Waals surface area (Å²) in [7, 11) is 1.41. The Labute approximate surface area is 76.9 Å². The first-order valence-electron chi connectivity index (χ1n) is 3.98. The number of hydrogen-bond donors (Lipinski definition) is 1. The second kappa shape index (κ2) is 4.57. The first-order valence-corrected chi connectivity index (χ1v) is 3.98. The van der Waals surface area contributed by atoms with Gasteiger partial charge in [0.05, 0.1) is 13.0 Å². The van der Waals surface area contributed by atoms with Crippen LogP contribution in [0.2, 0.25) is 0 Å². The Morgan fingerprint density at radius 1 is 1.69 bits per heavy atom. The number of nitrogens with one attached hydrogen (secondary N) is 1. The molecule has 0 saturated heterocycles. The Balaban J connectivity index is 2.68. The minimum atomic E-state index is -0.242. The minimum absolute atomic E-state index is 0.171. The molecule has 0 aliphatic rings. The molecule has 1 unspecified atom stereocenters. The molecule has 4 heteroatoms. The van der Waals surface area contributed by atoms with E-state index < -0.39 is 0 Å². The van der Waals surface area contributed by atoms with Crippen molar-refractivity contribution >= 4 is 5.91 Å². The number of carbonyl (C=O) groups excluding carboxylic acids is 1. The van der Waals surface area contributed by atoms with Gasteiger partial charge in [-0.15, -0.1) is 0 Å². The number of carbonyl (C=O) groups is 1. The van der Waals surface area contributed by atoms with Gasteiger partial charge in [0.15, 0.2) is 0 Å². The number of amides is 1. The number of pyridine rings is 1. The fraction of sp³-hybridized carbons (Fsp3) is 0.333. The summed E-state index contributed by atoms with van der Waals surface area (Å²) < 4.78 is 0. The molecule has 1 heterocycles. The van der Waals surface area contributed by atoms with Gasteiger partial charge in [0.25, 0.3) is 5.91 Å². The maximum atomic E-state index is 11.3. The van der Waals surface area contributed by atoms with E-state index in [0.29, 0.717) is 0 Å². The lowest BCUT2D eigenvalue weighted by Gasteiger charge is -2.09. The zero-order valence-electron chi connectivity index (χ0n) is 7.65. The second-order valence-electron chi connectivity index (χ2n) is 2.68. The number of rotatable bonds is 3. The molecule has 0 spiro atoms. The van der Waals surface area contributed by atoms with Crippen LogP contribution in [0.15, 0.2) is 24.5 Å². The fourth-order valence-electron chi connectivity index (χ4n) is 0.972. The summed E-state index contributed by atoms with van der Waals surface area (Å²) in [4.78, 5) is 19.7. The standard InChI is InChI=1S/C9H12N2O2/c1-7(9(12)11-13-2)8-4-3-5-10-6-8/h3-7H,1-2H3,(H,11,12). The van der Waals surface area contributed by atoms with Crippen molar-refractivity contribution in [3.05, 3.63) is 30.1 Å². The van der Waals surface area contributed by atoms with Gasteiger partial charge in [-0.05, 0) is 18.6 Å². The third-order valence-electron chi connectivity index (χ3n) is 1.78. The lowest BCUT2D eigenvalue weighted by molar-refractivity contribution is -0.132. The Morgan fingerprint density at radius 2 is 2.46 bits per heavy atom. The van der Waals surface area contributed by atoms with Crippen molar-refractivity contribution in [3.8, 4) is 0 Å². The zero-order chi connectivity index (χ0) is 9.68. The molecule has 1 N–H and O–H groups in total. The third kappa shape index (κ3) is 2.52. The van der Waals surface area contributed by atoms with Crippen LogP contribution in [0.5, 0.6) is 0 Å². The normalized spacial score (nSPS) is 12.2. The maximum Gasteiger partial charge on any atom is 0.250 e. The van der Waals surface area contributed by atoms with E-state index in [1.165, 1.54) is 7.11 Å². The van der Waals surface area contributed by atoms with E-state index in [1.54, 1.807) is 25.4 Å². The van der Waals surface area contributed by atoms with Gasteiger partial charge in [-0.3, -0.25) is 14.6 Å². The second-order valence-corrected chi connectivity index (χ2v) is 2.68. The first-order chi connectivity index (χ1) is 6.25. The number of nitrogens with zero attached hydrogens (tertiary/aromatic N) is 1. The molecule has 1 rings (SSSR count). The Morgan fingerprint density at radius 3 is 3.00 bits per heavy atom. The van der Waals surface area contributed by atoms with E-state index in [2.05, 4.69) is 15.3 Å².